The van der Waals surface area contributed by atoms with Gasteiger partial charge in [0.1, 0.15) is 18.1 Å². The Morgan fingerprint density at radius 2 is 1.87 bits per heavy atom. The minimum absolute atomic E-state index is 0. The third-order valence-corrected chi connectivity index (χ3v) is 5.79. The first-order valence-corrected chi connectivity index (χ1v) is 11.2. The monoisotopic (exact) mass is 470 g/mol. The van der Waals surface area contributed by atoms with E-state index in [1.807, 2.05) is 42.5 Å². The first-order chi connectivity index (χ1) is 13.3. The Balaban J connectivity index is 0.00000160. The fourth-order valence-corrected chi connectivity index (χ4v) is 4.47. The van der Waals surface area contributed by atoms with Crippen molar-refractivity contribution >= 4 is 63.0 Å². The number of halogens is 2. The van der Waals surface area contributed by atoms with Gasteiger partial charge >= 0.3 is 0 Å². The molecular formula is C20H24Cl2N4O3S. The number of aromatic nitrogens is 2. The number of benzene rings is 2. The van der Waals surface area contributed by atoms with Crippen LogP contribution in [0, 0.1) is 0 Å². The predicted molar refractivity (Wildman–Crippen MR) is 124 cm³/mol. The third-order valence-electron chi connectivity index (χ3n) is 5.01. The van der Waals surface area contributed by atoms with Crippen molar-refractivity contribution in [1.29, 1.82) is 0 Å². The molecule has 4 rings (SSSR count). The van der Waals surface area contributed by atoms with Gasteiger partial charge in [-0.05, 0) is 42.7 Å². The molecule has 1 aliphatic rings. The van der Waals surface area contributed by atoms with E-state index in [9.17, 15) is 13.2 Å². The molecule has 1 aromatic heterocycles. The van der Waals surface area contributed by atoms with E-state index in [-0.39, 0.29) is 43.0 Å². The number of carbonyl (C=O) groups is 1. The smallest absolute Gasteiger partial charge is 0.246 e. The molecule has 0 radical (unpaired) electrons. The highest BCUT2D eigenvalue weighted by molar-refractivity contribution is 7.89. The van der Waals surface area contributed by atoms with Crippen molar-refractivity contribution in [2.45, 2.75) is 25.1 Å². The second-order valence-electron chi connectivity index (χ2n) is 7.17. The zero-order chi connectivity index (χ0) is 19.9. The van der Waals surface area contributed by atoms with Gasteiger partial charge in [-0.3, -0.25) is 4.79 Å². The minimum Gasteiger partial charge on any atom is -0.398 e. The molecule has 2 aromatic carbocycles. The third kappa shape index (κ3) is 4.71. The van der Waals surface area contributed by atoms with Crippen molar-refractivity contribution in [1.82, 2.24) is 9.55 Å². The van der Waals surface area contributed by atoms with Crippen LogP contribution in [0.2, 0.25) is 0 Å². The zero-order valence-electron chi connectivity index (χ0n) is 16.4. The molecule has 0 fully saturated rings. The fourth-order valence-electron chi connectivity index (χ4n) is 3.78. The molecule has 0 spiro atoms. The van der Waals surface area contributed by atoms with Gasteiger partial charge in [0.15, 0.2) is 9.84 Å². The van der Waals surface area contributed by atoms with E-state index >= 15 is 0 Å². The van der Waals surface area contributed by atoms with E-state index in [2.05, 4.69) is 4.98 Å². The van der Waals surface area contributed by atoms with Crippen molar-refractivity contribution in [3.8, 4) is 0 Å². The maximum atomic E-state index is 13.2. The topological polar surface area (TPSA) is 98.3 Å². The molecule has 10 heteroatoms. The fraction of sp³-hybridized carbons (Fsp3) is 0.300. The molecule has 3 aromatic rings. The number of nitrogens with zero attached hydrogens (tertiary/aromatic N) is 3. The number of carbonyl (C=O) groups excluding carboxylic acids is 1. The number of para-hydroxylation sites is 2. The molecule has 0 saturated heterocycles. The average Bonchev–Trinajstić information content (AvgIpc) is 2.97. The van der Waals surface area contributed by atoms with E-state index < -0.39 is 9.84 Å². The zero-order valence-corrected chi connectivity index (χ0v) is 18.9. The maximum absolute atomic E-state index is 13.2. The van der Waals surface area contributed by atoms with E-state index in [4.69, 9.17) is 5.73 Å². The van der Waals surface area contributed by atoms with Crippen molar-refractivity contribution in [3.05, 3.63) is 53.9 Å². The molecule has 30 heavy (non-hydrogen) atoms. The lowest BCUT2D eigenvalue weighted by atomic mass is 10.00. The van der Waals surface area contributed by atoms with E-state index in [1.54, 1.807) is 9.47 Å². The number of anilines is 2. The summed E-state index contributed by atoms with van der Waals surface area (Å²) >= 11 is 0. The molecule has 0 bridgehead atoms. The molecule has 0 aliphatic carbocycles. The van der Waals surface area contributed by atoms with Crippen LogP contribution in [0.15, 0.2) is 42.5 Å². The number of imidazole rings is 1. The minimum atomic E-state index is -3.29. The standard InChI is InChI=1S/C20H22N4O3S.2ClH/c1-28(26,27)13-19-22-16-8-2-3-9-18(16)24(19)12-20(25)23-11-5-6-14-15(21)7-4-10-17(14)23;;/h2-4,7-10H,5-6,11-13,21H2,1H3;2*1H. The number of amides is 1. The normalized spacial score (nSPS) is 13.3. The van der Waals surface area contributed by atoms with Crippen LogP contribution in [0.3, 0.4) is 0 Å². The number of fused-ring (bicyclic) bond motifs is 2. The highest BCUT2D eigenvalue weighted by atomic mass is 35.5. The van der Waals surface area contributed by atoms with E-state index in [0.29, 0.717) is 23.6 Å². The second-order valence-corrected chi connectivity index (χ2v) is 9.31. The molecule has 0 unspecified atom stereocenters. The summed E-state index contributed by atoms with van der Waals surface area (Å²) < 4.78 is 25.4. The summed E-state index contributed by atoms with van der Waals surface area (Å²) in [4.78, 5) is 19.4. The van der Waals surface area contributed by atoms with Crippen LogP contribution in [0.25, 0.3) is 11.0 Å². The number of sulfone groups is 1. The van der Waals surface area contributed by atoms with Crippen molar-refractivity contribution in [2.24, 2.45) is 0 Å². The van der Waals surface area contributed by atoms with E-state index in [1.165, 1.54) is 6.26 Å². The Morgan fingerprint density at radius 1 is 1.13 bits per heavy atom. The molecule has 162 valence electrons. The van der Waals surface area contributed by atoms with Crippen LogP contribution in [0.4, 0.5) is 11.4 Å². The van der Waals surface area contributed by atoms with Gasteiger partial charge < -0.3 is 15.2 Å². The van der Waals surface area contributed by atoms with Crippen LogP contribution in [-0.2, 0) is 33.4 Å². The Kier molecular flexibility index (Phi) is 7.39. The predicted octanol–water partition coefficient (Wildman–Crippen LogP) is 2.99. The summed E-state index contributed by atoms with van der Waals surface area (Å²) in [6, 6.07) is 13.0. The SMILES string of the molecule is CS(=O)(=O)Cc1nc2ccccc2n1CC(=O)N1CCCc2c(N)cccc21.Cl.Cl. The lowest BCUT2D eigenvalue weighted by molar-refractivity contribution is -0.119. The van der Waals surface area contributed by atoms with Crippen LogP contribution in [-0.4, -0.2) is 36.7 Å². The quantitative estimate of drug-likeness (QED) is 0.590. The van der Waals surface area contributed by atoms with Gasteiger partial charge in [-0.2, -0.15) is 0 Å². The summed E-state index contributed by atoms with van der Waals surface area (Å²) in [6.07, 6.45) is 2.86. The summed E-state index contributed by atoms with van der Waals surface area (Å²) in [6.45, 7) is 0.642. The summed E-state index contributed by atoms with van der Waals surface area (Å²) in [5.74, 6) is 0.0599. The molecule has 1 amide bonds. The molecule has 2 N–H and O–H groups in total. The molecule has 0 atom stereocenters. The van der Waals surface area contributed by atoms with Crippen LogP contribution in [0.5, 0.6) is 0 Å². The van der Waals surface area contributed by atoms with Crippen LogP contribution in [0.1, 0.15) is 17.8 Å². The van der Waals surface area contributed by atoms with Gasteiger partial charge in [0.25, 0.3) is 0 Å². The van der Waals surface area contributed by atoms with Gasteiger partial charge in [0, 0.05) is 24.2 Å². The lowest BCUT2D eigenvalue weighted by Gasteiger charge is -2.30. The van der Waals surface area contributed by atoms with Crippen LogP contribution >= 0.6 is 24.8 Å². The summed E-state index contributed by atoms with van der Waals surface area (Å²) in [5, 5.41) is 0. The first kappa shape index (κ1) is 24.0. The Labute approximate surface area is 188 Å². The van der Waals surface area contributed by atoms with Gasteiger partial charge in [-0.25, -0.2) is 13.4 Å². The molecule has 0 saturated carbocycles. The van der Waals surface area contributed by atoms with Gasteiger partial charge in [0.2, 0.25) is 5.91 Å². The number of hydrogen-bond acceptors (Lipinski definition) is 5. The highest BCUT2D eigenvalue weighted by Crippen LogP contribution is 2.31. The molecular weight excluding hydrogens is 447 g/mol. The largest absolute Gasteiger partial charge is 0.398 e. The second kappa shape index (κ2) is 9.24. The van der Waals surface area contributed by atoms with Gasteiger partial charge in [-0.15, -0.1) is 24.8 Å². The Hall–Kier alpha value is -2.29. The Morgan fingerprint density at radius 3 is 2.60 bits per heavy atom. The first-order valence-electron chi connectivity index (χ1n) is 9.13. The molecule has 2 heterocycles. The number of nitrogen functional groups attached to an aromatic ring is 1. The number of rotatable bonds is 4. The Bertz CT molecular complexity index is 1180. The van der Waals surface area contributed by atoms with E-state index in [0.717, 1.165) is 29.6 Å². The summed E-state index contributed by atoms with van der Waals surface area (Å²) in [5.41, 5.74) is 10.0. The van der Waals surface area contributed by atoms with Crippen molar-refractivity contribution < 1.29 is 13.2 Å². The highest BCUT2D eigenvalue weighted by Gasteiger charge is 2.25. The van der Waals surface area contributed by atoms with Crippen LogP contribution < -0.4 is 10.6 Å². The molecule has 7 nitrogen and oxygen atoms in total. The lowest BCUT2D eigenvalue weighted by Crippen LogP contribution is -2.38. The van der Waals surface area contributed by atoms with Gasteiger partial charge in [0.05, 0.1) is 11.0 Å². The van der Waals surface area contributed by atoms with Crippen molar-refractivity contribution in [2.75, 3.05) is 23.4 Å². The van der Waals surface area contributed by atoms with Gasteiger partial charge in [-0.1, -0.05) is 18.2 Å². The number of nitrogens with two attached hydrogens (primary N) is 1. The average molecular weight is 471 g/mol. The maximum Gasteiger partial charge on any atom is 0.246 e. The molecule has 1 aliphatic heterocycles. The summed E-state index contributed by atoms with van der Waals surface area (Å²) in [7, 11) is -3.29. The number of hydrogen-bond donors (Lipinski definition) is 1. The van der Waals surface area contributed by atoms with Crippen molar-refractivity contribution in [3.63, 3.8) is 0 Å².